The van der Waals surface area contributed by atoms with E-state index in [1.807, 2.05) is 0 Å². The number of nitrogens with zero attached hydrogens (tertiary/aromatic N) is 1. The van der Waals surface area contributed by atoms with E-state index in [9.17, 15) is 0 Å². The van der Waals surface area contributed by atoms with Crippen LogP contribution < -0.4 is 0 Å². The van der Waals surface area contributed by atoms with Crippen molar-refractivity contribution in [3.05, 3.63) is 0 Å². The molecular weight excluding hydrogens is 158 g/mol. The molecule has 0 aromatic heterocycles. The Hall–Kier alpha value is -0.0400. The van der Waals surface area contributed by atoms with Crippen molar-refractivity contribution in [2.45, 2.75) is 39.0 Å². The SMILES string of the molecule is CC1CCC(C2CCN(C)C2)CC1. The Morgan fingerprint density at radius 2 is 1.62 bits per heavy atom. The molecule has 0 radical (unpaired) electrons. The lowest BCUT2D eigenvalue weighted by Crippen LogP contribution is -2.23. The normalized spacial score (nSPS) is 42.5. The summed E-state index contributed by atoms with van der Waals surface area (Å²) in [6.07, 6.45) is 7.48. The molecule has 1 heteroatoms. The smallest absolute Gasteiger partial charge is 0.000973 e. The summed E-state index contributed by atoms with van der Waals surface area (Å²) >= 11 is 0. The van der Waals surface area contributed by atoms with Crippen LogP contribution in [0.5, 0.6) is 0 Å². The molecule has 0 amide bonds. The van der Waals surface area contributed by atoms with E-state index in [2.05, 4.69) is 18.9 Å². The third-order valence-corrected chi connectivity index (χ3v) is 4.15. The van der Waals surface area contributed by atoms with Crippen molar-refractivity contribution < 1.29 is 0 Å². The molecule has 0 spiro atoms. The Morgan fingerprint density at radius 3 is 2.15 bits per heavy atom. The largest absolute Gasteiger partial charge is 0.306 e. The van der Waals surface area contributed by atoms with E-state index in [1.165, 1.54) is 45.2 Å². The highest BCUT2D eigenvalue weighted by atomic mass is 15.1. The van der Waals surface area contributed by atoms with Gasteiger partial charge in [0.25, 0.3) is 0 Å². The lowest BCUT2D eigenvalue weighted by Gasteiger charge is -2.30. The Morgan fingerprint density at radius 1 is 0.923 bits per heavy atom. The van der Waals surface area contributed by atoms with Crippen LogP contribution in [0.2, 0.25) is 0 Å². The molecular formula is C12H23N. The molecule has 1 aliphatic carbocycles. The molecule has 1 aliphatic heterocycles. The molecule has 1 saturated carbocycles. The van der Waals surface area contributed by atoms with Crippen LogP contribution in [-0.2, 0) is 0 Å². The maximum Gasteiger partial charge on any atom is 0.000973 e. The summed E-state index contributed by atoms with van der Waals surface area (Å²) in [6, 6.07) is 0. The van der Waals surface area contributed by atoms with Crippen LogP contribution in [0.15, 0.2) is 0 Å². The minimum atomic E-state index is 1.01. The van der Waals surface area contributed by atoms with Gasteiger partial charge in [0.2, 0.25) is 0 Å². The molecule has 2 rings (SSSR count). The Bertz CT molecular complexity index is 159. The maximum absolute atomic E-state index is 2.50. The summed E-state index contributed by atoms with van der Waals surface area (Å²) in [5, 5.41) is 0. The van der Waals surface area contributed by atoms with Crippen LogP contribution in [0.25, 0.3) is 0 Å². The minimum absolute atomic E-state index is 1.01. The van der Waals surface area contributed by atoms with Crippen LogP contribution in [0.4, 0.5) is 0 Å². The lowest BCUT2D eigenvalue weighted by molar-refractivity contribution is 0.213. The predicted molar refractivity (Wildman–Crippen MR) is 56.7 cm³/mol. The van der Waals surface area contributed by atoms with Gasteiger partial charge in [-0.3, -0.25) is 0 Å². The molecule has 0 aromatic carbocycles. The number of hydrogen-bond acceptors (Lipinski definition) is 1. The molecule has 0 aromatic rings. The average Bonchev–Trinajstić information content (AvgIpc) is 2.53. The first-order valence-corrected chi connectivity index (χ1v) is 5.94. The van der Waals surface area contributed by atoms with Crippen molar-refractivity contribution >= 4 is 0 Å². The standard InChI is InChI=1S/C12H23N/c1-10-3-5-11(6-4-10)12-7-8-13(2)9-12/h10-12H,3-9H2,1-2H3. The van der Waals surface area contributed by atoms with Gasteiger partial charge in [-0.2, -0.15) is 0 Å². The highest BCUT2D eigenvalue weighted by Crippen LogP contribution is 2.36. The van der Waals surface area contributed by atoms with Crippen molar-refractivity contribution in [1.82, 2.24) is 4.90 Å². The molecule has 2 aliphatic rings. The summed E-state index contributed by atoms with van der Waals surface area (Å²) in [6.45, 7) is 5.13. The number of likely N-dealkylation sites (tertiary alicyclic amines) is 1. The van der Waals surface area contributed by atoms with Crippen molar-refractivity contribution in [3.63, 3.8) is 0 Å². The van der Waals surface area contributed by atoms with Gasteiger partial charge in [-0.05, 0) is 50.6 Å². The zero-order chi connectivity index (χ0) is 9.26. The molecule has 1 unspecified atom stereocenters. The minimum Gasteiger partial charge on any atom is -0.306 e. The second-order valence-electron chi connectivity index (χ2n) is 5.33. The van der Waals surface area contributed by atoms with Crippen LogP contribution in [-0.4, -0.2) is 25.0 Å². The quantitative estimate of drug-likeness (QED) is 0.601. The summed E-state index contributed by atoms with van der Waals surface area (Å²) < 4.78 is 0. The zero-order valence-electron chi connectivity index (χ0n) is 9.13. The molecule has 0 bridgehead atoms. The van der Waals surface area contributed by atoms with Crippen LogP contribution >= 0.6 is 0 Å². The van der Waals surface area contributed by atoms with Crippen LogP contribution in [0.1, 0.15) is 39.0 Å². The third-order valence-electron chi connectivity index (χ3n) is 4.15. The summed E-state index contributed by atoms with van der Waals surface area (Å²) in [7, 11) is 2.27. The highest BCUT2D eigenvalue weighted by molar-refractivity contribution is 4.82. The molecule has 1 nitrogen and oxygen atoms in total. The fourth-order valence-corrected chi connectivity index (χ4v) is 3.11. The Balaban J connectivity index is 1.81. The van der Waals surface area contributed by atoms with Crippen molar-refractivity contribution in [1.29, 1.82) is 0 Å². The fourth-order valence-electron chi connectivity index (χ4n) is 3.11. The molecule has 76 valence electrons. The zero-order valence-corrected chi connectivity index (χ0v) is 9.13. The van der Waals surface area contributed by atoms with Crippen LogP contribution in [0.3, 0.4) is 0 Å². The van der Waals surface area contributed by atoms with Crippen LogP contribution in [0, 0.1) is 17.8 Å². The highest BCUT2D eigenvalue weighted by Gasteiger charge is 2.29. The summed E-state index contributed by atoms with van der Waals surface area (Å²) in [5.74, 6) is 3.12. The first-order valence-electron chi connectivity index (χ1n) is 5.94. The average molecular weight is 181 g/mol. The fraction of sp³-hybridized carbons (Fsp3) is 1.00. The molecule has 1 heterocycles. The van der Waals surface area contributed by atoms with Gasteiger partial charge >= 0.3 is 0 Å². The first kappa shape index (κ1) is 9.51. The monoisotopic (exact) mass is 181 g/mol. The van der Waals surface area contributed by atoms with Gasteiger partial charge < -0.3 is 4.90 Å². The van der Waals surface area contributed by atoms with E-state index in [-0.39, 0.29) is 0 Å². The van der Waals surface area contributed by atoms with Gasteiger partial charge in [-0.25, -0.2) is 0 Å². The molecule has 2 fully saturated rings. The summed E-state index contributed by atoms with van der Waals surface area (Å²) in [5.41, 5.74) is 0. The van der Waals surface area contributed by atoms with Gasteiger partial charge in [-0.15, -0.1) is 0 Å². The molecule has 1 saturated heterocycles. The van der Waals surface area contributed by atoms with Gasteiger partial charge in [-0.1, -0.05) is 19.8 Å². The van der Waals surface area contributed by atoms with E-state index >= 15 is 0 Å². The van der Waals surface area contributed by atoms with Gasteiger partial charge in [0.15, 0.2) is 0 Å². The second-order valence-corrected chi connectivity index (χ2v) is 5.33. The number of rotatable bonds is 1. The molecule has 13 heavy (non-hydrogen) atoms. The maximum atomic E-state index is 2.50. The summed E-state index contributed by atoms with van der Waals surface area (Å²) in [4.78, 5) is 2.50. The van der Waals surface area contributed by atoms with E-state index in [0.717, 1.165) is 17.8 Å². The first-order chi connectivity index (χ1) is 6.25. The lowest BCUT2D eigenvalue weighted by atomic mass is 9.76. The predicted octanol–water partition coefficient (Wildman–Crippen LogP) is 2.76. The second kappa shape index (κ2) is 4.00. The van der Waals surface area contributed by atoms with Gasteiger partial charge in [0.1, 0.15) is 0 Å². The number of hydrogen-bond donors (Lipinski definition) is 0. The van der Waals surface area contributed by atoms with Gasteiger partial charge in [0.05, 0.1) is 0 Å². The Kier molecular flexibility index (Phi) is 2.92. The Labute approximate surface area is 82.5 Å². The van der Waals surface area contributed by atoms with Crippen molar-refractivity contribution in [2.24, 2.45) is 17.8 Å². The third kappa shape index (κ3) is 2.25. The van der Waals surface area contributed by atoms with Crippen molar-refractivity contribution in [3.8, 4) is 0 Å². The molecule has 1 atom stereocenters. The van der Waals surface area contributed by atoms with Gasteiger partial charge in [0, 0.05) is 6.54 Å². The molecule has 0 N–H and O–H groups in total. The van der Waals surface area contributed by atoms with E-state index < -0.39 is 0 Å². The topological polar surface area (TPSA) is 3.24 Å². The van der Waals surface area contributed by atoms with E-state index in [0.29, 0.717) is 0 Å². The van der Waals surface area contributed by atoms with E-state index in [1.54, 1.807) is 0 Å². The van der Waals surface area contributed by atoms with Crippen molar-refractivity contribution in [2.75, 3.05) is 20.1 Å². The van der Waals surface area contributed by atoms with E-state index in [4.69, 9.17) is 0 Å².